The molecule has 1 aliphatic heterocycles. The molecule has 134 valence electrons. The zero-order valence-corrected chi connectivity index (χ0v) is 15.4. The van der Waals surface area contributed by atoms with Crippen LogP contribution >= 0.6 is 0 Å². The van der Waals surface area contributed by atoms with Crippen molar-refractivity contribution in [2.45, 2.75) is 45.2 Å². The smallest absolute Gasteiger partial charge is 0.129 e. The molecule has 2 heterocycles. The fourth-order valence-electron chi connectivity index (χ4n) is 3.49. The number of aromatic nitrogens is 2. The average Bonchev–Trinajstić information content (AvgIpc) is 2.61. The van der Waals surface area contributed by atoms with Crippen molar-refractivity contribution in [1.82, 2.24) is 15.3 Å². The Morgan fingerprint density at radius 3 is 2.52 bits per heavy atom. The molecule has 0 amide bonds. The van der Waals surface area contributed by atoms with Gasteiger partial charge in [-0.25, -0.2) is 9.97 Å². The Hall–Kier alpha value is -1.98. The predicted octanol–water partition coefficient (Wildman–Crippen LogP) is 3.41. The molecule has 0 bridgehead atoms. The number of rotatable bonds is 6. The zero-order chi connectivity index (χ0) is 17.7. The van der Waals surface area contributed by atoms with Crippen molar-refractivity contribution >= 4 is 5.82 Å². The number of nitrogens with one attached hydrogen (secondary N) is 2. The van der Waals surface area contributed by atoms with E-state index < -0.39 is 0 Å². The monoisotopic (exact) mass is 340 g/mol. The lowest BCUT2D eigenvalue weighted by Crippen LogP contribution is -2.54. The molecule has 3 rings (SSSR count). The van der Waals surface area contributed by atoms with Crippen LogP contribution in [0.2, 0.25) is 0 Å². The van der Waals surface area contributed by atoms with Gasteiger partial charge in [0.15, 0.2) is 0 Å². The second-order valence-electron chi connectivity index (χ2n) is 6.96. The van der Waals surface area contributed by atoms with Crippen LogP contribution in [0.3, 0.4) is 0 Å². The summed E-state index contributed by atoms with van der Waals surface area (Å²) in [5.41, 5.74) is 2.30. The molecule has 0 radical (unpaired) electrons. The minimum absolute atomic E-state index is 0.000265. The second-order valence-corrected chi connectivity index (χ2v) is 6.96. The van der Waals surface area contributed by atoms with Crippen molar-refractivity contribution in [3.63, 3.8) is 0 Å². The first-order chi connectivity index (χ1) is 12.1. The summed E-state index contributed by atoms with van der Waals surface area (Å²) in [7, 11) is 0. The zero-order valence-electron chi connectivity index (χ0n) is 15.4. The van der Waals surface area contributed by atoms with E-state index in [4.69, 9.17) is 4.74 Å². The van der Waals surface area contributed by atoms with Crippen molar-refractivity contribution in [3.05, 3.63) is 53.5 Å². The van der Waals surface area contributed by atoms with E-state index in [2.05, 4.69) is 57.9 Å². The molecule has 0 spiro atoms. The molecular formula is C20H28N4O. The Morgan fingerprint density at radius 2 is 1.84 bits per heavy atom. The van der Waals surface area contributed by atoms with Crippen molar-refractivity contribution in [1.29, 1.82) is 0 Å². The maximum absolute atomic E-state index is 5.61. The molecule has 1 unspecified atom stereocenters. The quantitative estimate of drug-likeness (QED) is 0.844. The van der Waals surface area contributed by atoms with E-state index >= 15 is 0 Å². The molecule has 1 atom stereocenters. The molecule has 2 N–H and O–H groups in total. The first kappa shape index (κ1) is 17.8. The third-order valence-corrected chi connectivity index (χ3v) is 4.85. The molecule has 1 saturated heterocycles. The van der Waals surface area contributed by atoms with Crippen LogP contribution in [0.15, 0.2) is 36.4 Å². The molecule has 25 heavy (non-hydrogen) atoms. The van der Waals surface area contributed by atoms with Gasteiger partial charge in [-0.2, -0.15) is 0 Å². The number of ether oxygens (including phenoxy) is 1. The van der Waals surface area contributed by atoms with Crippen LogP contribution in [0.4, 0.5) is 5.82 Å². The van der Waals surface area contributed by atoms with Crippen molar-refractivity contribution in [2.24, 2.45) is 0 Å². The van der Waals surface area contributed by atoms with Gasteiger partial charge in [0.2, 0.25) is 0 Å². The summed E-state index contributed by atoms with van der Waals surface area (Å²) < 4.78 is 5.61. The van der Waals surface area contributed by atoms with Crippen molar-refractivity contribution in [2.75, 3.05) is 25.1 Å². The van der Waals surface area contributed by atoms with Crippen molar-refractivity contribution in [3.8, 4) is 0 Å². The Morgan fingerprint density at radius 1 is 1.12 bits per heavy atom. The Balaban J connectivity index is 1.72. The summed E-state index contributed by atoms with van der Waals surface area (Å²) in [6, 6.07) is 12.9. The van der Waals surface area contributed by atoms with E-state index in [9.17, 15) is 0 Å². The highest BCUT2D eigenvalue weighted by Crippen LogP contribution is 2.26. The van der Waals surface area contributed by atoms with Crippen LogP contribution in [0.1, 0.15) is 42.9 Å². The maximum Gasteiger partial charge on any atom is 0.129 e. The summed E-state index contributed by atoms with van der Waals surface area (Å²) in [5.74, 6) is 1.69. The molecular weight excluding hydrogens is 312 g/mol. The van der Waals surface area contributed by atoms with E-state index in [0.29, 0.717) is 0 Å². The highest BCUT2D eigenvalue weighted by atomic mass is 16.5. The number of aryl methyl sites for hydroxylation is 2. The summed E-state index contributed by atoms with van der Waals surface area (Å²) in [6.45, 7) is 8.56. The Kier molecular flexibility index (Phi) is 5.66. The third-order valence-electron chi connectivity index (χ3n) is 4.85. The number of benzene rings is 1. The van der Waals surface area contributed by atoms with Crippen LogP contribution in [-0.4, -0.2) is 35.3 Å². The van der Waals surface area contributed by atoms with Crippen LogP contribution in [0, 0.1) is 13.8 Å². The second kappa shape index (κ2) is 7.93. The normalized spacial score (nSPS) is 17.9. The summed E-state index contributed by atoms with van der Waals surface area (Å²) in [6.07, 6.45) is 1.97. The molecule has 0 aliphatic carbocycles. The lowest BCUT2D eigenvalue weighted by Gasteiger charge is -2.40. The topological polar surface area (TPSA) is 59.1 Å². The van der Waals surface area contributed by atoms with Gasteiger partial charge in [-0.3, -0.25) is 0 Å². The highest BCUT2D eigenvalue weighted by Gasteiger charge is 2.33. The first-order valence-corrected chi connectivity index (χ1v) is 9.03. The number of anilines is 1. The van der Waals surface area contributed by atoms with Crippen LogP contribution in [-0.2, 0) is 4.74 Å². The summed E-state index contributed by atoms with van der Waals surface area (Å²) in [4.78, 5) is 8.85. The molecule has 1 aliphatic rings. The molecule has 1 aromatic carbocycles. The lowest BCUT2D eigenvalue weighted by atomic mass is 9.88. The maximum atomic E-state index is 5.61. The largest absolute Gasteiger partial charge is 0.381 e. The SMILES string of the molecule is Cc1cc(NCC2(NC(C)c3ccccc3)CCOCC2)nc(C)n1. The van der Waals surface area contributed by atoms with Crippen LogP contribution < -0.4 is 10.6 Å². The number of hydrogen-bond donors (Lipinski definition) is 2. The van der Waals surface area contributed by atoms with Gasteiger partial charge in [0.05, 0.1) is 0 Å². The van der Waals surface area contributed by atoms with Gasteiger partial charge in [0.1, 0.15) is 11.6 Å². The number of hydrogen-bond acceptors (Lipinski definition) is 5. The first-order valence-electron chi connectivity index (χ1n) is 9.03. The van der Waals surface area contributed by atoms with Crippen molar-refractivity contribution < 1.29 is 4.74 Å². The summed E-state index contributed by atoms with van der Waals surface area (Å²) >= 11 is 0. The van der Waals surface area contributed by atoms with E-state index in [0.717, 1.165) is 49.9 Å². The minimum atomic E-state index is 0.000265. The molecule has 1 aromatic heterocycles. The van der Waals surface area contributed by atoms with E-state index in [1.54, 1.807) is 0 Å². The summed E-state index contributed by atoms with van der Waals surface area (Å²) in [5, 5.41) is 7.39. The third kappa shape index (κ3) is 4.77. The van der Waals surface area contributed by atoms with Gasteiger partial charge in [-0.05, 0) is 39.2 Å². The van der Waals surface area contributed by atoms with Gasteiger partial charge in [0.25, 0.3) is 0 Å². The highest BCUT2D eigenvalue weighted by molar-refractivity contribution is 5.36. The lowest BCUT2D eigenvalue weighted by molar-refractivity contribution is 0.0389. The Bertz CT molecular complexity index is 663. The molecule has 5 nitrogen and oxygen atoms in total. The molecule has 5 heteroatoms. The standard InChI is InChI=1S/C20H28N4O/c1-15-13-19(23-17(3)22-15)21-14-20(9-11-25-12-10-20)24-16(2)18-7-5-4-6-8-18/h4-8,13,16,24H,9-12,14H2,1-3H3,(H,21,22,23). The van der Waals surface area contributed by atoms with Gasteiger partial charge in [-0.15, -0.1) is 0 Å². The predicted molar refractivity (Wildman–Crippen MR) is 101 cm³/mol. The Labute approximate surface area is 150 Å². The minimum Gasteiger partial charge on any atom is -0.381 e. The number of nitrogens with zero attached hydrogens (tertiary/aromatic N) is 2. The van der Waals surface area contributed by atoms with E-state index in [1.165, 1.54) is 5.56 Å². The van der Waals surface area contributed by atoms with Crippen LogP contribution in [0.5, 0.6) is 0 Å². The van der Waals surface area contributed by atoms with Gasteiger partial charge in [0, 0.05) is 43.1 Å². The van der Waals surface area contributed by atoms with Gasteiger partial charge < -0.3 is 15.4 Å². The van der Waals surface area contributed by atoms with Crippen LogP contribution in [0.25, 0.3) is 0 Å². The average molecular weight is 340 g/mol. The fraction of sp³-hybridized carbons (Fsp3) is 0.500. The molecule has 0 saturated carbocycles. The van der Waals surface area contributed by atoms with Gasteiger partial charge in [-0.1, -0.05) is 30.3 Å². The molecule has 2 aromatic rings. The molecule has 1 fully saturated rings. The fourth-order valence-corrected chi connectivity index (χ4v) is 3.49. The van der Waals surface area contributed by atoms with E-state index in [-0.39, 0.29) is 11.6 Å². The van der Waals surface area contributed by atoms with Gasteiger partial charge >= 0.3 is 0 Å². The van der Waals surface area contributed by atoms with E-state index in [1.807, 2.05) is 19.9 Å².